The maximum Gasteiger partial charge on any atom is 0.252 e. The lowest BCUT2D eigenvalue weighted by atomic mass is 9.34. The maximum absolute atomic E-state index is 5.17. The molecule has 7 aromatic carbocycles. The van der Waals surface area contributed by atoms with Gasteiger partial charge >= 0.3 is 0 Å². The van der Waals surface area contributed by atoms with Crippen LogP contribution in [0.3, 0.4) is 0 Å². The SMILES string of the molecule is c1cc2c3c(c1)-n1c4ccccc4c4c(-c5nc6ccccc6s5)ccc(c41)B3c1ccc(-c3nc4ccccc4s3)c3c4ccccc4n-2c13. The van der Waals surface area contributed by atoms with Crippen LogP contribution in [0.15, 0.2) is 140 Å². The van der Waals surface area contributed by atoms with Crippen molar-refractivity contribution in [2.24, 2.45) is 0 Å². The lowest BCUT2D eigenvalue weighted by Gasteiger charge is -2.33. The number of fused-ring (bicyclic) bond motifs is 12. The predicted octanol–water partition coefficient (Wildman–Crippen LogP) is 9.58. The summed E-state index contributed by atoms with van der Waals surface area (Å²) < 4.78 is 7.50. The molecule has 6 heterocycles. The molecule has 0 unspecified atom stereocenters. The summed E-state index contributed by atoms with van der Waals surface area (Å²) in [6.45, 7) is 0.0728. The molecular formula is C44H23BN4S2. The zero-order valence-corrected chi connectivity index (χ0v) is 28.6. The highest BCUT2D eigenvalue weighted by molar-refractivity contribution is 7.22. The highest BCUT2D eigenvalue weighted by Crippen LogP contribution is 2.45. The lowest BCUT2D eigenvalue weighted by molar-refractivity contribution is 1.14. The number of benzene rings is 7. The Morgan fingerprint density at radius 3 is 1.43 bits per heavy atom. The van der Waals surface area contributed by atoms with Crippen LogP contribution in [0.5, 0.6) is 0 Å². The second-order valence-electron chi connectivity index (χ2n) is 13.7. The molecule has 0 amide bonds. The molecule has 0 atom stereocenters. The summed E-state index contributed by atoms with van der Waals surface area (Å²) in [5.41, 5.74) is 16.1. The van der Waals surface area contributed by atoms with Crippen LogP contribution in [-0.4, -0.2) is 25.8 Å². The quantitative estimate of drug-likeness (QED) is 0.170. The second-order valence-corrected chi connectivity index (χ2v) is 15.7. The first kappa shape index (κ1) is 26.8. The third-order valence-electron chi connectivity index (χ3n) is 11.2. The summed E-state index contributed by atoms with van der Waals surface area (Å²) in [5, 5.41) is 7.23. The number of para-hydroxylation sites is 4. The Morgan fingerprint density at radius 2 is 0.922 bits per heavy atom. The van der Waals surface area contributed by atoms with E-state index in [1.165, 1.54) is 91.9 Å². The van der Waals surface area contributed by atoms with Gasteiger partial charge in [-0.15, -0.1) is 22.7 Å². The topological polar surface area (TPSA) is 35.6 Å². The number of rotatable bonds is 2. The van der Waals surface area contributed by atoms with Crippen molar-refractivity contribution in [1.82, 2.24) is 19.1 Å². The smallest absolute Gasteiger partial charge is 0.252 e. The maximum atomic E-state index is 5.17. The van der Waals surface area contributed by atoms with E-state index >= 15 is 0 Å². The fourth-order valence-corrected chi connectivity index (χ4v) is 11.2. The summed E-state index contributed by atoms with van der Waals surface area (Å²) >= 11 is 3.56. The van der Waals surface area contributed by atoms with Crippen molar-refractivity contribution < 1.29 is 0 Å². The summed E-state index contributed by atoms with van der Waals surface area (Å²) in [6, 6.07) is 51.2. The Kier molecular flexibility index (Phi) is 4.94. The standard InChI is InChI=1S/C44H23BN4S2/c1-5-14-32-24(10-1)38-26(43-46-30-12-3-7-18-36(30)50-43)20-22-28-41(38)48(32)34-16-9-17-35-40(34)45(28)29-23-21-27(44-47-31-13-4-8-19-37(31)51-44)39-25-11-2-6-15-33(25)49(35)42(29)39/h1-23H. The average molecular weight is 683 g/mol. The van der Waals surface area contributed by atoms with Crippen molar-refractivity contribution in [2.75, 3.05) is 0 Å². The fourth-order valence-electron chi connectivity index (χ4n) is 9.25. The molecule has 4 nitrogen and oxygen atoms in total. The van der Waals surface area contributed by atoms with Gasteiger partial charge in [0.2, 0.25) is 0 Å². The summed E-state index contributed by atoms with van der Waals surface area (Å²) in [5.74, 6) is 0. The van der Waals surface area contributed by atoms with Crippen LogP contribution in [-0.2, 0) is 0 Å². The van der Waals surface area contributed by atoms with E-state index in [-0.39, 0.29) is 6.71 Å². The molecule has 0 saturated heterocycles. The molecule has 4 aromatic heterocycles. The minimum atomic E-state index is 0.0728. The van der Waals surface area contributed by atoms with E-state index in [1.807, 2.05) is 0 Å². The van der Waals surface area contributed by atoms with Gasteiger partial charge in [0, 0.05) is 44.0 Å². The minimum absolute atomic E-state index is 0.0728. The Balaban J connectivity index is 1.18. The van der Waals surface area contributed by atoms with Crippen LogP contribution in [0.4, 0.5) is 0 Å². The first-order valence-electron chi connectivity index (χ1n) is 17.3. The molecule has 0 aliphatic carbocycles. The molecule has 0 N–H and O–H groups in total. The van der Waals surface area contributed by atoms with Gasteiger partial charge in [0.1, 0.15) is 10.0 Å². The van der Waals surface area contributed by atoms with Crippen molar-refractivity contribution >= 4 is 110 Å². The molecule has 7 heteroatoms. The average Bonchev–Trinajstić information content (AvgIpc) is 3.96. The van der Waals surface area contributed by atoms with Crippen molar-refractivity contribution in [3.05, 3.63) is 140 Å². The van der Waals surface area contributed by atoms with Gasteiger partial charge in [0.15, 0.2) is 0 Å². The highest BCUT2D eigenvalue weighted by atomic mass is 32.1. The van der Waals surface area contributed by atoms with Gasteiger partial charge in [-0.2, -0.15) is 0 Å². The molecule has 0 fully saturated rings. The minimum Gasteiger partial charge on any atom is -0.310 e. The van der Waals surface area contributed by atoms with E-state index in [9.17, 15) is 0 Å². The first-order valence-corrected chi connectivity index (χ1v) is 18.9. The van der Waals surface area contributed by atoms with Gasteiger partial charge in [-0.25, -0.2) is 9.97 Å². The molecule has 0 spiro atoms. The van der Waals surface area contributed by atoms with Gasteiger partial charge in [-0.05, 0) is 64.9 Å². The molecule has 0 saturated carbocycles. The zero-order chi connectivity index (χ0) is 32.9. The summed E-state index contributed by atoms with van der Waals surface area (Å²) in [7, 11) is 0. The van der Waals surface area contributed by atoms with Crippen LogP contribution in [0, 0.1) is 0 Å². The second kappa shape index (κ2) is 9.40. The molecule has 0 radical (unpaired) electrons. The Labute approximate surface area is 299 Å². The first-order chi connectivity index (χ1) is 25.3. The van der Waals surface area contributed by atoms with Crippen LogP contribution < -0.4 is 16.4 Å². The third kappa shape index (κ3) is 3.27. The van der Waals surface area contributed by atoms with E-state index in [0.717, 1.165) is 21.0 Å². The molecule has 11 aromatic rings. The van der Waals surface area contributed by atoms with E-state index in [1.54, 1.807) is 22.7 Å². The molecular weight excluding hydrogens is 659 g/mol. The number of hydrogen-bond donors (Lipinski definition) is 0. The van der Waals surface area contributed by atoms with E-state index < -0.39 is 0 Å². The lowest BCUT2D eigenvalue weighted by Crippen LogP contribution is -2.59. The predicted molar refractivity (Wildman–Crippen MR) is 217 cm³/mol. The Morgan fingerprint density at radius 1 is 0.451 bits per heavy atom. The van der Waals surface area contributed by atoms with Crippen molar-refractivity contribution in [3.63, 3.8) is 0 Å². The molecule has 13 rings (SSSR count). The Bertz CT molecular complexity index is 3060. The van der Waals surface area contributed by atoms with Crippen LogP contribution in [0.25, 0.3) is 96.6 Å². The van der Waals surface area contributed by atoms with Crippen LogP contribution >= 0.6 is 22.7 Å². The van der Waals surface area contributed by atoms with Crippen molar-refractivity contribution in [1.29, 1.82) is 0 Å². The van der Waals surface area contributed by atoms with Gasteiger partial charge < -0.3 is 9.13 Å². The van der Waals surface area contributed by atoms with Crippen molar-refractivity contribution in [3.8, 4) is 32.5 Å². The fraction of sp³-hybridized carbons (Fsp3) is 0. The van der Waals surface area contributed by atoms with Gasteiger partial charge in [-0.3, -0.25) is 0 Å². The highest BCUT2D eigenvalue weighted by Gasteiger charge is 2.41. The zero-order valence-electron chi connectivity index (χ0n) is 27.0. The van der Waals surface area contributed by atoms with Crippen molar-refractivity contribution in [2.45, 2.75) is 0 Å². The van der Waals surface area contributed by atoms with Gasteiger partial charge in [-0.1, -0.05) is 91.0 Å². The molecule has 2 aliphatic heterocycles. The third-order valence-corrected chi connectivity index (χ3v) is 13.3. The number of thiazole rings is 2. The van der Waals surface area contributed by atoms with E-state index in [0.29, 0.717) is 0 Å². The summed E-state index contributed by atoms with van der Waals surface area (Å²) in [6.07, 6.45) is 0. The van der Waals surface area contributed by atoms with Crippen LogP contribution in [0.2, 0.25) is 0 Å². The molecule has 51 heavy (non-hydrogen) atoms. The molecule has 234 valence electrons. The van der Waals surface area contributed by atoms with E-state index in [2.05, 4.69) is 149 Å². The Hall–Kier alpha value is -6.02. The molecule has 0 bridgehead atoms. The number of hydrogen-bond acceptors (Lipinski definition) is 4. The van der Waals surface area contributed by atoms with E-state index in [4.69, 9.17) is 9.97 Å². The van der Waals surface area contributed by atoms with Crippen LogP contribution in [0.1, 0.15) is 0 Å². The normalized spacial score (nSPS) is 13.1. The van der Waals surface area contributed by atoms with Gasteiger partial charge in [0.05, 0.1) is 42.5 Å². The molecule has 2 aliphatic rings. The largest absolute Gasteiger partial charge is 0.310 e. The number of nitrogens with zero attached hydrogens (tertiary/aromatic N) is 4. The summed E-state index contributed by atoms with van der Waals surface area (Å²) in [4.78, 5) is 10.3. The van der Waals surface area contributed by atoms with Gasteiger partial charge in [0.25, 0.3) is 6.71 Å². The monoisotopic (exact) mass is 682 g/mol. The number of aromatic nitrogens is 4.